The van der Waals surface area contributed by atoms with E-state index in [0.717, 1.165) is 24.4 Å². The molecular formula is C23H32N4O2. The molecule has 0 unspecified atom stereocenters. The summed E-state index contributed by atoms with van der Waals surface area (Å²) in [6.07, 6.45) is 7.02. The van der Waals surface area contributed by atoms with Crippen molar-refractivity contribution in [1.82, 2.24) is 14.9 Å². The van der Waals surface area contributed by atoms with E-state index in [4.69, 9.17) is 4.74 Å². The average Bonchev–Trinajstić information content (AvgIpc) is 2.71. The first-order valence-corrected chi connectivity index (χ1v) is 10.5. The monoisotopic (exact) mass is 396 g/mol. The highest BCUT2D eigenvalue weighted by Crippen LogP contribution is 2.17. The van der Waals surface area contributed by atoms with Crippen molar-refractivity contribution >= 4 is 5.95 Å². The Bertz CT molecular complexity index is 856. The first kappa shape index (κ1) is 21.1. The number of H-pyrrole nitrogens is 1. The third kappa shape index (κ3) is 6.46. The number of benzene rings is 1. The van der Waals surface area contributed by atoms with Crippen molar-refractivity contribution in [2.75, 3.05) is 31.6 Å². The first-order valence-electron chi connectivity index (χ1n) is 10.5. The van der Waals surface area contributed by atoms with Crippen molar-refractivity contribution in [1.29, 1.82) is 0 Å². The fourth-order valence-corrected chi connectivity index (χ4v) is 3.66. The number of nitrogens with zero attached hydrogens (tertiary/aromatic N) is 2. The number of piperidine rings is 1. The lowest BCUT2D eigenvalue weighted by Gasteiger charge is -2.26. The van der Waals surface area contributed by atoms with Gasteiger partial charge >= 0.3 is 0 Å². The lowest BCUT2D eigenvalue weighted by molar-refractivity contribution is 0.220. The molecule has 0 atom stereocenters. The van der Waals surface area contributed by atoms with Gasteiger partial charge in [-0.25, -0.2) is 4.98 Å². The average molecular weight is 397 g/mol. The van der Waals surface area contributed by atoms with Gasteiger partial charge in [-0.05, 0) is 63.4 Å². The molecule has 2 aromatic rings. The van der Waals surface area contributed by atoms with Crippen LogP contribution in [0.4, 0.5) is 5.95 Å². The Hall–Kier alpha value is -2.60. The van der Waals surface area contributed by atoms with E-state index in [9.17, 15) is 4.79 Å². The molecule has 6 nitrogen and oxygen atoms in total. The molecule has 1 aliphatic heterocycles. The lowest BCUT2D eigenvalue weighted by atomic mass is 10.1. The van der Waals surface area contributed by atoms with Gasteiger partial charge in [0.2, 0.25) is 5.95 Å². The van der Waals surface area contributed by atoms with Gasteiger partial charge in [0.15, 0.2) is 0 Å². The van der Waals surface area contributed by atoms with Crippen molar-refractivity contribution in [3.05, 3.63) is 64.1 Å². The van der Waals surface area contributed by atoms with Crippen molar-refractivity contribution in [3.8, 4) is 5.75 Å². The number of ether oxygens (including phenoxy) is 1. The van der Waals surface area contributed by atoms with Crippen LogP contribution in [-0.4, -0.2) is 41.1 Å². The molecule has 156 valence electrons. The Kier molecular flexibility index (Phi) is 7.87. The van der Waals surface area contributed by atoms with E-state index < -0.39 is 0 Å². The predicted octanol–water partition coefficient (Wildman–Crippen LogP) is 3.67. The normalized spacial score (nSPS) is 14.5. The molecule has 6 heteroatoms. The summed E-state index contributed by atoms with van der Waals surface area (Å²) in [5, 5.41) is 3.17. The molecule has 0 radical (unpaired) electrons. The molecule has 1 aliphatic rings. The lowest BCUT2D eigenvalue weighted by Crippen LogP contribution is -2.29. The number of likely N-dealkylation sites (tertiary alicyclic amines) is 1. The van der Waals surface area contributed by atoms with Gasteiger partial charge in [0, 0.05) is 18.7 Å². The van der Waals surface area contributed by atoms with Gasteiger partial charge in [-0.2, -0.15) is 0 Å². The molecule has 0 bridgehead atoms. The van der Waals surface area contributed by atoms with E-state index in [2.05, 4.69) is 45.0 Å². The van der Waals surface area contributed by atoms with Gasteiger partial charge < -0.3 is 10.1 Å². The highest BCUT2D eigenvalue weighted by molar-refractivity contribution is 5.30. The van der Waals surface area contributed by atoms with Crippen LogP contribution in [0, 0.1) is 6.92 Å². The summed E-state index contributed by atoms with van der Waals surface area (Å²) in [5.41, 5.74) is 2.59. The highest BCUT2D eigenvalue weighted by atomic mass is 16.5. The second-order valence-corrected chi connectivity index (χ2v) is 7.58. The zero-order valence-corrected chi connectivity index (χ0v) is 17.4. The molecule has 2 N–H and O–H groups in total. The maximum atomic E-state index is 12.1. The van der Waals surface area contributed by atoms with Crippen LogP contribution in [0.3, 0.4) is 0 Å². The molecule has 1 fully saturated rings. The Morgan fingerprint density at radius 3 is 2.90 bits per heavy atom. The topological polar surface area (TPSA) is 70.2 Å². The molecule has 29 heavy (non-hydrogen) atoms. The van der Waals surface area contributed by atoms with Crippen LogP contribution in [0.25, 0.3) is 0 Å². The van der Waals surface area contributed by atoms with Crippen LogP contribution in [0.2, 0.25) is 0 Å². The molecule has 2 heterocycles. The van der Waals surface area contributed by atoms with Gasteiger partial charge in [0.25, 0.3) is 5.56 Å². The van der Waals surface area contributed by atoms with Gasteiger partial charge in [-0.3, -0.25) is 14.7 Å². The number of hydrogen-bond acceptors (Lipinski definition) is 5. The summed E-state index contributed by atoms with van der Waals surface area (Å²) >= 11 is 0. The zero-order valence-electron chi connectivity index (χ0n) is 17.4. The minimum Gasteiger partial charge on any atom is -0.494 e. The number of allylic oxidation sites excluding steroid dienone is 1. The van der Waals surface area contributed by atoms with Gasteiger partial charge in [-0.1, -0.05) is 24.6 Å². The maximum absolute atomic E-state index is 12.1. The highest BCUT2D eigenvalue weighted by Gasteiger charge is 2.10. The molecule has 1 aromatic carbocycles. The van der Waals surface area contributed by atoms with Crippen molar-refractivity contribution < 1.29 is 4.74 Å². The number of aryl methyl sites for hydroxylation is 1. The predicted molar refractivity (Wildman–Crippen MR) is 118 cm³/mol. The summed E-state index contributed by atoms with van der Waals surface area (Å²) in [6, 6.07) is 8.38. The largest absolute Gasteiger partial charge is 0.494 e. The SMILES string of the molecule is C=CCc1c(C)nc(NCCCOc2cccc(CN3CCCCC3)c2)[nH]c1=O. The van der Waals surface area contributed by atoms with E-state index >= 15 is 0 Å². The number of aromatic amines is 1. The van der Waals surface area contributed by atoms with E-state index in [1.165, 1.54) is 37.9 Å². The van der Waals surface area contributed by atoms with E-state index in [0.29, 0.717) is 31.1 Å². The molecule has 0 aliphatic carbocycles. The number of hydrogen-bond donors (Lipinski definition) is 2. The van der Waals surface area contributed by atoms with Crippen molar-refractivity contribution in [2.45, 2.75) is 45.6 Å². The molecular weight excluding hydrogens is 364 g/mol. The second-order valence-electron chi connectivity index (χ2n) is 7.58. The van der Waals surface area contributed by atoms with Crippen LogP contribution in [-0.2, 0) is 13.0 Å². The maximum Gasteiger partial charge on any atom is 0.256 e. The molecule has 1 saturated heterocycles. The summed E-state index contributed by atoms with van der Waals surface area (Å²) < 4.78 is 5.91. The second kappa shape index (κ2) is 10.8. The number of anilines is 1. The Balaban J connectivity index is 1.42. The first-order chi connectivity index (χ1) is 14.2. The fourth-order valence-electron chi connectivity index (χ4n) is 3.66. The summed E-state index contributed by atoms with van der Waals surface area (Å²) in [5.74, 6) is 1.42. The molecule has 1 aromatic heterocycles. The van der Waals surface area contributed by atoms with E-state index in [1.54, 1.807) is 6.08 Å². The molecule has 0 saturated carbocycles. The molecule has 0 spiro atoms. The fraction of sp³-hybridized carbons (Fsp3) is 0.478. The van der Waals surface area contributed by atoms with Crippen LogP contribution in [0.5, 0.6) is 5.75 Å². The van der Waals surface area contributed by atoms with Gasteiger partial charge in [0.1, 0.15) is 5.75 Å². The van der Waals surface area contributed by atoms with Crippen LogP contribution < -0.4 is 15.6 Å². The van der Waals surface area contributed by atoms with E-state index in [-0.39, 0.29) is 5.56 Å². The number of aromatic nitrogens is 2. The van der Waals surface area contributed by atoms with Crippen LogP contribution in [0.15, 0.2) is 41.7 Å². The summed E-state index contributed by atoms with van der Waals surface area (Å²) in [7, 11) is 0. The van der Waals surface area contributed by atoms with Gasteiger partial charge in [-0.15, -0.1) is 6.58 Å². The zero-order chi connectivity index (χ0) is 20.5. The summed E-state index contributed by atoms with van der Waals surface area (Å²) in [4.78, 5) is 21.8. The number of rotatable bonds is 10. The van der Waals surface area contributed by atoms with E-state index in [1.807, 2.05) is 13.0 Å². The Morgan fingerprint density at radius 2 is 2.14 bits per heavy atom. The number of nitrogens with one attached hydrogen (secondary N) is 2. The smallest absolute Gasteiger partial charge is 0.256 e. The van der Waals surface area contributed by atoms with Crippen molar-refractivity contribution in [3.63, 3.8) is 0 Å². The minimum atomic E-state index is -0.110. The van der Waals surface area contributed by atoms with Crippen molar-refractivity contribution in [2.24, 2.45) is 0 Å². The third-order valence-corrected chi connectivity index (χ3v) is 5.21. The molecule has 3 rings (SSSR count). The van der Waals surface area contributed by atoms with Crippen LogP contribution >= 0.6 is 0 Å². The summed E-state index contributed by atoms with van der Waals surface area (Å²) in [6.45, 7) is 10.2. The minimum absolute atomic E-state index is 0.110. The quantitative estimate of drug-likeness (QED) is 0.474. The molecule has 0 amide bonds. The Labute approximate surface area is 173 Å². The van der Waals surface area contributed by atoms with Crippen LogP contribution in [0.1, 0.15) is 42.5 Å². The van der Waals surface area contributed by atoms with Gasteiger partial charge in [0.05, 0.1) is 12.3 Å². The Morgan fingerprint density at radius 1 is 1.31 bits per heavy atom. The third-order valence-electron chi connectivity index (χ3n) is 5.21. The standard InChI is InChI=1S/C23H32N4O2/c1-3-9-21-18(2)25-23(26-22(21)28)24-12-8-15-29-20-11-7-10-19(16-20)17-27-13-5-4-6-14-27/h3,7,10-11,16H,1,4-6,8-9,12-15,17H2,2H3,(H2,24,25,26,28).